The molecule has 6 heteroatoms. The summed E-state index contributed by atoms with van der Waals surface area (Å²) in [6.07, 6.45) is 0.935. The molecule has 0 unspecified atom stereocenters. The van der Waals surface area contributed by atoms with Gasteiger partial charge in [-0.1, -0.05) is 35.8 Å². The maximum atomic E-state index is 11.9. The van der Waals surface area contributed by atoms with Crippen LogP contribution in [0.3, 0.4) is 0 Å². The van der Waals surface area contributed by atoms with Crippen LogP contribution in [0.1, 0.15) is 32.3 Å². The van der Waals surface area contributed by atoms with Gasteiger partial charge in [0.05, 0.1) is 5.41 Å². The van der Waals surface area contributed by atoms with E-state index in [-0.39, 0.29) is 6.54 Å². The van der Waals surface area contributed by atoms with Gasteiger partial charge in [-0.2, -0.15) is 0 Å². The molecule has 1 aromatic carbocycles. The number of hydrogen-bond acceptors (Lipinski definition) is 2. The fourth-order valence-electron chi connectivity index (χ4n) is 1.97. The third kappa shape index (κ3) is 4.46. The number of anilines is 1. The van der Waals surface area contributed by atoms with Crippen LogP contribution in [0.2, 0.25) is 0 Å². The van der Waals surface area contributed by atoms with Gasteiger partial charge in [-0.3, -0.25) is 4.79 Å². The van der Waals surface area contributed by atoms with Gasteiger partial charge in [-0.15, -0.1) is 0 Å². The predicted octanol–water partition coefficient (Wildman–Crippen LogP) is 3.77. The van der Waals surface area contributed by atoms with Gasteiger partial charge in [-0.05, 0) is 37.5 Å². The Morgan fingerprint density at radius 2 is 1.90 bits per heavy atom. The number of halogens is 1. The number of benzene rings is 1. The Balaban J connectivity index is 2.65. The number of nitrogens with one attached hydrogen (secondary N) is 2. The van der Waals surface area contributed by atoms with Crippen LogP contribution in [-0.4, -0.2) is 23.7 Å². The van der Waals surface area contributed by atoms with E-state index in [1.54, 1.807) is 12.1 Å². The van der Waals surface area contributed by atoms with Crippen LogP contribution in [0.25, 0.3) is 0 Å². The van der Waals surface area contributed by atoms with Crippen molar-refractivity contribution in [2.75, 3.05) is 11.9 Å². The van der Waals surface area contributed by atoms with E-state index in [1.807, 2.05) is 26.8 Å². The van der Waals surface area contributed by atoms with Crippen molar-refractivity contribution in [3.05, 3.63) is 28.2 Å². The molecule has 0 radical (unpaired) electrons. The van der Waals surface area contributed by atoms with Crippen LogP contribution < -0.4 is 10.6 Å². The average molecular weight is 357 g/mol. The summed E-state index contributed by atoms with van der Waals surface area (Å²) in [6.45, 7) is 5.69. The number of carbonyl (C=O) groups is 2. The standard InChI is InChI=1S/C15H21BrN2O3/c1-4-15(5-2,13(19)20)9-17-14(21)18-11-7-6-10(3)12(16)8-11/h6-8H,4-5,9H2,1-3H3,(H,19,20)(H2,17,18,21). The van der Waals surface area contributed by atoms with Gasteiger partial charge in [0.1, 0.15) is 0 Å². The quantitative estimate of drug-likeness (QED) is 0.725. The highest BCUT2D eigenvalue weighted by Gasteiger charge is 2.35. The zero-order chi connectivity index (χ0) is 16.0. The third-order valence-electron chi connectivity index (χ3n) is 3.82. The molecule has 5 nitrogen and oxygen atoms in total. The monoisotopic (exact) mass is 356 g/mol. The Morgan fingerprint density at radius 1 is 1.29 bits per heavy atom. The van der Waals surface area contributed by atoms with Crippen LogP contribution in [0.5, 0.6) is 0 Å². The lowest BCUT2D eigenvalue weighted by molar-refractivity contribution is -0.149. The van der Waals surface area contributed by atoms with Gasteiger partial charge in [0.15, 0.2) is 0 Å². The van der Waals surface area contributed by atoms with Crippen LogP contribution in [0.15, 0.2) is 22.7 Å². The van der Waals surface area contributed by atoms with E-state index in [1.165, 1.54) is 0 Å². The number of rotatable bonds is 6. The molecule has 1 rings (SSSR count). The van der Waals surface area contributed by atoms with Gasteiger partial charge in [0, 0.05) is 16.7 Å². The summed E-state index contributed by atoms with van der Waals surface area (Å²) >= 11 is 3.40. The van der Waals surface area contributed by atoms with E-state index in [2.05, 4.69) is 26.6 Å². The molecule has 0 fully saturated rings. The molecule has 3 N–H and O–H groups in total. The normalized spacial score (nSPS) is 11.0. The van der Waals surface area contributed by atoms with Crippen LogP contribution in [-0.2, 0) is 4.79 Å². The molecule has 2 amide bonds. The van der Waals surface area contributed by atoms with Crippen LogP contribution in [0.4, 0.5) is 10.5 Å². The zero-order valence-electron chi connectivity index (χ0n) is 12.5. The maximum Gasteiger partial charge on any atom is 0.319 e. The molecule has 0 atom stereocenters. The lowest BCUT2D eigenvalue weighted by atomic mass is 9.82. The first kappa shape index (κ1) is 17.5. The summed E-state index contributed by atoms with van der Waals surface area (Å²) in [7, 11) is 0. The minimum Gasteiger partial charge on any atom is -0.481 e. The molecule has 116 valence electrons. The molecule has 0 heterocycles. The van der Waals surface area contributed by atoms with Crippen LogP contribution in [0, 0.1) is 12.3 Å². The fourth-order valence-corrected chi connectivity index (χ4v) is 2.35. The zero-order valence-corrected chi connectivity index (χ0v) is 14.1. The SMILES string of the molecule is CCC(CC)(CNC(=O)Nc1ccc(C)c(Br)c1)C(=O)O. The van der Waals surface area contributed by atoms with Crippen molar-refractivity contribution in [2.24, 2.45) is 5.41 Å². The van der Waals surface area contributed by atoms with Crippen molar-refractivity contribution in [1.29, 1.82) is 0 Å². The average Bonchev–Trinajstić information content (AvgIpc) is 2.44. The first-order valence-corrected chi connectivity index (χ1v) is 7.68. The first-order chi connectivity index (χ1) is 9.84. The number of carboxylic acids is 1. The smallest absolute Gasteiger partial charge is 0.319 e. The van der Waals surface area contributed by atoms with E-state index in [0.29, 0.717) is 18.5 Å². The lowest BCUT2D eigenvalue weighted by Gasteiger charge is -2.26. The highest BCUT2D eigenvalue weighted by atomic mass is 79.9. The summed E-state index contributed by atoms with van der Waals surface area (Å²) in [5.41, 5.74) is 0.812. The van der Waals surface area contributed by atoms with Crippen molar-refractivity contribution in [3.8, 4) is 0 Å². The summed E-state index contributed by atoms with van der Waals surface area (Å²) in [6, 6.07) is 5.08. The van der Waals surface area contributed by atoms with Crippen molar-refractivity contribution >= 4 is 33.6 Å². The molecule has 0 saturated carbocycles. The Labute approximate surface area is 133 Å². The highest BCUT2D eigenvalue weighted by Crippen LogP contribution is 2.26. The summed E-state index contributed by atoms with van der Waals surface area (Å²) < 4.78 is 0.905. The predicted molar refractivity (Wildman–Crippen MR) is 86.6 cm³/mol. The highest BCUT2D eigenvalue weighted by molar-refractivity contribution is 9.10. The second-order valence-electron chi connectivity index (χ2n) is 5.06. The van der Waals surface area contributed by atoms with Gasteiger partial charge in [0.2, 0.25) is 0 Å². The van der Waals surface area contributed by atoms with E-state index in [4.69, 9.17) is 0 Å². The Morgan fingerprint density at radius 3 is 2.38 bits per heavy atom. The molecule has 0 aliphatic rings. The van der Waals surface area contributed by atoms with E-state index >= 15 is 0 Å². The van der Waals surface area contributed by atoms with E-state index < -0.39 is 17.4 Å². The molecule has 0 bridgehead atoms. The van der Waals surface area contributed by atoms with Gasteiger partial charge < -0.3 is 15.7 Å². The first-order valence-electron chi connectivity index (χ1n) is 6.89. The number of carboxylic acid groups (broad SMARTS) is 1. The van der Waals surface area contributed by atoms with Crippen molar-refractivity contribution in [2.45, 2.75) is 33.6 Å². The Bertz CT molecular complexity index is 528. The molecule has 0 saturated heterocycles. The van der Waals surface area contributed by atoms with Crippen molar-refractivity contribution in [3.63, 3.8) is 0 Å². The minimum absolute atomic E-state index is 0.105. The molecule has 0 aromatic heterocycles. The Hall–Kier alpha value is -1.56. The number of hydrogen-bond donors (Lipinski definition) is 3. The summed E-state index contributed by atoms with van der Waals surface area (Å²) in [5.74, 6) is -0.883. The maximum absolute atomic E-state index is 11.9. The van der Waals surface area contributed by atoms with Gasteiger partial charge in [-0.25, -0.2) is 4.79 Å². The Kier molecular flexibility index (Phi) is 6.20. The minimum atomic E-state index is -0.912. The van der Waals surface area contributed by atoms with Gasteiger partial charge >= 0.3 is 12.0 Å². The summed E-state index contributed by atoms with van der Waals surface area (Å²) in [5, 5.41) is 14.7. The molecule has 1 aromatic rings. The lowest BCUT2D eigenvalue weighted by Crippen LogP contribution is -2.43. The second-order valence-corrected chi connectivity index (χ2v) is 5.92. The number of carbonyl (C=O) groups excluding carboxylic acids is 1. The third-order valence-corrected chi connectivity index (χ3v) is 4.68. The number of urea groups is 1. The second kappa shape index (κ2) is 7.45. The molecule has 21 heavy (non-hydrogen) atoms. The van der Waals surface area contributed by atoms with E-state index in [9.17, 15) is 14.7 Å². The summed E-state index contributed by atoms with van der Waals surface area (Å²) in [4.78, 5) is 23.2. The largest absolute Gasteiger partial charge is 0.481 e. The molecule has 0 aliphatic carbocycles. The van der Waals surface area contributed by atoms with Crippen molar-refractivity contribution < 1.29 is 14.7 Å². The van der Waals surface area contributed by atoms with Gasteiger partial charge in [0.25, 0.3) is 0 Å². The number of aryl methyl sites for hydroxylation is 1. The van der Waals surface area contributed by atoms with E-state index in [0.717, 1.165) is 10.0 Å². The topological polar surface area (TPSA) is 78.4 Å². The van der Waals surface area contributed by atoms with Crippen LogP contribution >= 0.6 is 15.9 Å². The molecular formula is C15H21BrN2O3. The van der Waals surface area contributed by atoms with Crippen molar-refractivity contribution in [1.82, 2.24) is 5.32 Å². The molecule has 0 aliphatic heterocycles. The number of amides is 2. The molecular weight excluding hydrogens is 336 g/mol. The number of aliphatic carboxylic acids is 1. The molecule has 0 spiro atoms. The fraction of sp³-hybridized carbons (Fsp3) is 0.467.